The summed E-state index contributed by atoms with van der Waals surface area (Å²) in [5, 5.41) is 2.66. The van der Waals surface area contributed by atoms with Gasteiger partial charge in [-0.3, -0.25) is 4.79 Å². The molecule has 0 aliphatic rings. The number of amides is 1. The van der Waals surface area contributed by atoms with Crippen LogP contribution in [0.15, 0.2) is 22.7 Å². The number of carbonyl (C=O) groups is 2. The smallest absolute Gasteiger partial charge is 0.340 e. The number of hydrogen-bond acceptors (Lipinski definition) is 4. The third-order valence-corrected chi connectivity index (χ3v) is 3.10. The minimum atomic E-state index is -0.840. The van der Waals surface area contributed by atoms with E-state index < -0.39 is 12.1 Å². The monoisotopic (exact) mass is 328 g/mol. The predicted octanol–water partition coefficient (Wildman–Crippen LogP) is 2.10. The van der Waals surface area contributed by atoms with E-state index in [2.05, 4.69) is 21.2 Å². The summed E-state index contributed by atoms with van der Waals surface area (Å²) in [6.45, 7) is 4.03. The van der Waals surface area contributed by atoms with E-state index in [0.29, 0.717) is 22.3 Å². The van der Waals surface area contributed by atoms with Crippen molar-refractivity contribution in [1.29, 1.82) is 0 Å². The minimum absolute atomic E-state index is 0.301. The first-order chi connectivity index (χ1) is 8.95. The van der Waals surface area contributed by atoms with Crippen molar-refractivity contribution in [2.24, 2.45) is 0 Å². The molecule has 3 N–H and O–H groups in total. The van der Waals surface area contributed by atoms with E-state index >= 15 is 0 Å². The van der Waals surface area contributed by atoms with Crippen molar-refractivity contribution in [3.8, 4) is 0 Å². The maximum absolute atomic E-state index is 11.9. The molecule has 0 fully saturated rings. The largest absolute Gasteiger partial charge is 0.449 e. The molecule has 1 aromatic rings. The Bertz CT molecular complexity index is 477. The number of halogens is 1. The van der Waals surface area contributed by atoms with Gasteiger partial charge in [-0.15, -0.1) is 0 Å². The number of nitrogen functional groups attached to an aromatic ring is 1. The fourth-order valence-electron chi connectivity index (χ4n) is 1.37. The number of hydrogen-bond donors (Lipinski definition) is 2. The SMILES string of the molecule is CCCNC(=O)C(C)OC(=O)c1cc(N)ccc1Br. The Morgan fingerprint density at radius 1 is 1.47 bits per heavy atom. The number of ether oxygens (including phenoxy) is 1. The zero-order chi connectivity index (χ0) is 14.4. The Morgan fingerprint density at radius 3 is 2.79 bits per heavy atom. The molecule has 0 radical (unpaired) electrons. The van der Waals surface area contributed by atoms with Gasteiger partial charge in [-0.05, 0) is 47.5 Å². The second-order valence-corrected chi connectivity index (χ2v) is 4.93. The van der Waals surface area contributed by atoms with E-state index in [4.69, 9.17) is 10.5 Å². The van der Waals surface area contributed by atoms with Crippen LogP contribution in [0.1, 0.15) is 30.6 Å². The van der Waals surface area contributed by atoms with E-state index in [0.717, 1.165) is 6.42 Å². The highest BCUT2D eigenvalue weighted by Gasteiger charge is 2.20. The third-order valence-electron chi connectivity index (χ3n) is 2.41. The van der Waals surface area contributed by atoms with Gasteiger partial charge in [0, 0.05) is 16.7 Å². The van der Waals surface area contributed by atoms with Crippen LogP contribution in [-0.4, -0.2) is 24.5 Å². The van der Waals surface area contributed by atoms with Crippen molar-refractivity contribution < 1.29 is 14.3 Å². The van der Waals surface area contributed by atoms with Gasteiger partial charge in [0.25, 0.3) is 5.91 Å². The summed E-state index contributed by atoms with van der Waals surface area (Å²) in [5.41, 5.74) is 6.37. The topological polar surface area (TPSA) is 81.4 Å². The van der Waals surface area contributed by atoms with Crippen LogP contribution in [0, 0.1) is 0 Å². The molecular weight excluding hydrogens is 312 g/mol. The Hall–Kier alpha value is -1.56. The van der Waals surface area contributed by atoms with E-state index in [1.54, 1.807) is 12.1 Å². The second kappa shape index (κ2) is 7.13. The first-order valence-corrected chi connectivity index (χ1v) is 6.78. The van der Waals surface area contributed by atoms with Gasteiger partial charge in [-0.2, -0.15) is 0 Å². The standard InChI is InChI=1S/C13H17BrN2O3/c1-3-6-16-12(17)8(2)19-13(18)10-7-9(15)4-5-11(10)14/h4-5,7-8H,3,6,15H2,1-2H3,(H,16,17). The summed E-state index contributed by atoms with van der Waals surface area (Å²) in [4.78, 5) is 23.5. The summed E-state index contributed by atoms with van der Waals surface area (Å²) in [5.74, 6) is -0.895. The molecule has 1 atom stereocenters. The molecule has 0 heterocycles. The highest BCUT2D eigenvalue weighted by Crippen LogP contribution is 2.20. The van der Waals surface area contributed by atoms with E-state index in [-0.39, 0.29) is 5.91 Å². The maximum Gasteiger partial charge on any atom is 0.340 e. The van der Waals surface area contributed by atoms with Crippen LogP contribution < -0.4 is 11.1 Å². The highest BCUT2D eigenvalue weighted by atomic mass is 79.9. The lowest BCUT2D eigenvalue weighted by atomic mass is 10.2. The molecule has 0 aliphatic heterocycles. The Balaban J connectivity index is 2.68. The number of rotatable bonds is 5. The van der Waals surface area contributed by atoms with Crippen molar-refractivity contribution in [2.75, 3.05) is 12.3 Å². The van der Waals surface area contributed by atoms with Crippen molar-refractivity contribution >= 4 is 33.5 Å². The summed E-state index contributed by atoms with van der Waals surface area (Å²) in [7, 11) is 0. The number of esters is 1. The average Bonchev–Trinajstić information content (AvgIpc) is 2.38. The van der Waals surface area contributed by atoms with E-state index in [1.807, 2.05) is 6.92 Å². The van der Waals surface area contributed by atoms with E-state index in [9.17, 15) is 9.59 Å². The minimum Gasteiger partial charge on any atom is -0.449 e. The average molecular weight is 329 g/mol. The molecule has 0 aliphatic carbocycles. The molecule has 1 rings (SSSR count). The molecule has 1 unspecified atom stereocenters. The summed E-state index contributed by atoms with van der Waals surface area (Å²) in [6, 6.07) is 4.83. The fraction of sp³-hybridized carbons (Fsp3) is 0.385. The van der Waals surface area contributed by atoms with Gasteiger partial charge in [-0.25, -0.2) is 4.79 Å². The number of nitrogens with two attached hydrogens (primary N) is 1. The van der Waals surface area contributed by atoms with Crippen LogP contribution in [0.5, 0.6) is 0 Å². The Morgan fingerprint density at radius 2 is 2.16 bits per heavy atom. The molecule has 0 aromatic heterocycles. The molecule has 0 spiro atoms. The first kappa shape index (κ1) is 15.5. The normalized spacial score (nSPS) is 11.7. The highest BCUT2D eigenvalue weighted by molar-refractivity contribution is 9.10. The molecule has 5 nitrogen and oxygen atoms in total. The quantitative estimate of drug-likeness (QED) is 0.640. The number of benzene rings is 1. The lowest BCUT2D eigenvalue weighted by molar-refractivity contribution is -0.129. The van der Waals surface area contributed by atoms with Crippen molar-refractivity contribution in [1.82, 2.24) is 5.32 Å². The number of carbonyl (C=O) groups excluding carboxylic acids is 2. The van der Waals surface area contributed by atoms with Crippen LogP contribution in [-0.2, 0) is 9.53 Å². The third kappa shape index (κ3) is 4.55. The fourth-order valence-corrected chi connectivity index (χ4v) is 1.78. The van der Waals surface area contributed by atoms with E-state index in [1.165, 1.54) is 13.0 Å². The van der Waals surface area contributed by atoms with Gasteiger partial charge in [0.15, 0.2) is 6.10 Å². The van der Waals surface area contributed by atoms with Gasteiger partial charge >= 0.3 is 5.97 Å². The van der Waals surface area contributed by atoms with Crippen LogP contribution in [0.4, 0.5) is 5.69 Å². The van der Waals surface area contributed by atoms with Crippen molar-refractivity contribution in [2.45, 2.75) is 26.4 Å². The molecule has 1 amide bonds. The van der Waals surface area contributed by atoms with Crippen molar-refractivity contribution in [3.63, 3.8) is 0 Å². The van der Waals surface area contributed by atoms with Crippen LogP contribution in [0.3, 0.4) is 0 Å². The maximum atomic E-state index is 11.9. The molecule has 0 bridgehead atoms. The zero-order valence-electron chi connectivity index (χ0n) is 10.9. The lowest BCUT2D eigenvalue weighted by Crippen LogP contribution is -2.36. The lowest BCUT2D eigenvalue weighted by Gasteiger charge is -2.14. The first-order valence-electron chi connectivity index (χ1n) is 5.99. The number of nitrogens with one attached hydrogen (secondary N) is 1. The van der Waals surface area contributed by atoms with Gasteiger partial charge in [0.1, 0.15) is 0 Å². The van der Waals surface area contributed by atoms with Crippen molar-refractivity contribution in [3.05, 3.63) is 28.2 Å². The molecule has 0 saturated heterocycles. The Labute approximate surface area is 120 Å². The van der Waals surface area contributed by atoms with Gasteiger partial charge in [0.05, 0.1) is 5.56 Å². The van der Waals surface area contributed by atoms with Crippen LogP contribution >= 0.6 is 15.9 Å². The zero-order valence-corrected chi connectivity index (χ0v) is 12.5. The second-order valence-electron chi connectivity index (χ2n) is 4.08. The number of anilines is 1. The molecule has 0 saturated carbocycles. The summed E-state index contributed by atoms with van der Waals surface area (Å²) >= 11 is 3.24. The Kier molecular flexibility index (Phi) is 5.82. The summed E-state index contributed by atoms with van der Waals surface area (Å²) in [6.07, 6.45) is -0.0138. The molecular formula is C13H17BrN2O3. The molecule has 19 heavy (non-hydrogen) atoms. The molecule has 1 aromatic carbocycles. The van der Waals surface area contributed by atoms with Crippen LogP contribution in [0.2, 0.25) is 0 Å². The molecule has 104 valence electrons. The summed E-state index contributed by atoms with van der Waals surface area (Å²) < 4.78 is 5.67. The van der Waals surface area contributed by atoms with Crippen LogP contribution in [0.25, 0.3) is 0 Å². The predicted molar refractivity (Wildman–Crippen MR) is 76.7 cm³/mol. The van der Waals surface area contributed by atoms with Gasteiger partial charge < -0.3 is 15.8 Å². The van der Waals surface area contributed by atoms with Gasteiger partial charge in [0.2, 0.25) is 0 Å². The molecule has 6 heteroatoms. The van der Waals surface area contributed by atoms with Gasteiger partial charge in [-0.1, -0.05) is 6.92 Å².